The second-order valence-electron chi connectivity index (χ2n) is 7.61. The lowest BCUT2D eigenvalue weighted by Gasteiger charge is -2.41. The zero-order chi connectivity index (χ0) is 18.5. The summed E-state index contributed by atoms with van der Waals surface area (Å²) in [7, 11) is 0. The number of benzene rings is 2. The normalized spacial score (nSPS) is 19.4. The summed E-state index contributed by atoms with van der Waals surface area (Å²) in [5.41, 5.74) is 2.64. The molecule has 2 fully saturated rings. The van der Waals surface area contributed by atoms with Crippen molar-refractivity contribution in [2.75, 3.05) is 39.3 Å². The summed E-state index contributed by atoms with van der Waals surface area (Å²) in [6.45, 7) is 5.45. The van der Waals surface area contributed by atoms with Crippen molar-refractivity contribution in [2.45, 2.75) is 18.9 Å². The minimum atomic E-state index is 0.219. The molecule has 4 heteroatoms. The van der Waals surface area contributed by atoms with Gasteiger partial charge < -0.3 is 10.2 Å². The van der Waals surface area contributed by atoms with E-state index in [0.717, 1.165) is 52.1 Å². The number of amides is 1. The van der Waals surface area contributed by atoms with Crippen LogP contribution >= 0.6 is 0 Å². The molecule has 2 heterocycles. The van der Waals surface area contributed by atoms with Gasteiger partial charge in [0.05, 0.1) is 6.04 Å². The molecule has 4 rings (SSSR count). The minimum Gasteiger partial charge on any atom is -0.340 e. The predicted octanol–water partition coefficient (Wildman–Crippen LogP) is 2.92. The number of piperidine rings is 1. The third kappa shape index (κ3) is 4.23. The van der Waals surface area contributed by atoms with Crippen LogP contribution in [0.3, 0.4) is 0 Å². The minimum absolute atomic E-state index is 0.219. The first-order valence-corrected chi connectivity index (χ1v) is 10.2. The Morgan fingerprint density at radius 2 is 1.33 bits per heavy atom. The van der Waals surface area contributed by atoms with Crippen molar-refractivity contribution in [3.05, 3.63) is 71.8 Å². The summed E-state index contributed by atoms with van der Waals surface area (Å²) in [6, 6.07) is 21.7. The summed E-state index contributed by atoms with van der Waals surface area (Å²) in [5.74, 6) is 0.587. The molecule has 2 aromatic rings. The molecule has 4 nitrogen and oxygen atoms in total. The van der Waals surface area contributed by atoms with Crippen LogP contribution in [-0.2, 0) is 4.79 Å². The monoisotopic (exact) mass is 363 g/mol. The van der Waals surface area contributed by atoms with Crippen LogP contribution in [0.1, 0.15) is 30.0 Å². The maximum Gasteiger partial charge on any atom is 0.225 e. The van der Waals surface area contributed by atoms with Crippen LogP contribution in [0, 0.1) is 5.92 Å². The molecule has 2 aromatic carbocycles. The molecule has 2 aliphatic rings. The van der Waals surface area contributed by atoms with E-state index in [-0.39, 0.29) is 12.0 Å². The average Bonchev–Trinajstić information content (AvgIpc) is 2.76. The summed E-state index contributed by atoms with van der Waals surface area (Å²) < 4.78 is 0. The molecule has 142 valence electrons. The van der Waals surface area contributed by atoms with Gasteiger partial charge in [-0.2, -0.15) is 0 Å². The molecule has 2 saturated heterocycles. The number of carbonyl (C=O) groups excluding carboxylic acids is 1. The molecule has 0 aromatic heterocycles. The first kappa shape index (κ1) is 18.2. The number of nitrogens with zero attached hydrogens (tertiary/aromatic N) is 2. The largest absolute Gasteiger partial charge is 0.340 e. The van der Waals surface area contributed by atoms with Crippen molar-refractivity contribution in [3.63, 3.8) is 0 Å². The molecule has 0 atom stereocenters. The number of piperazine rings is 1. The predicted molar refractivity (Wildman–Crippen MR) is 108 cm³/mol. The Bertz CT molecular complexity index is 680. The Balaban J connectivity index is 1.46. The molecular formula is C23H29N3O. The Morgan fingerprint density at radius 1 is 0.815 bits per heavy atom. The molecule has 0 spiro atoms. The van der Waals surface area contributed by atoms with Gasteiger partial charge in [-0.15, -0.1) is 0 Å². The molecule has 0 saturated carbocycles. The van der Waals surface area contributed by atoms with Gasteiger partial charge in [-0.05, 0) is 37.1 Å². The van der Waals surface area contributed by atoms with Gasteiger partial charge in [0.2, 0.25) is 5.91 Å². The van der Waals surface area contributed by atoms with Gasteiger partial charge in [0.25, 0.3) is 0 Å². The first-order chi connectivity index (χ1) is 13.3. The lowest BCUT2D eigenvalue weighted by Crippen LogP contribution is -2.52. The van der Waals surface area contributed by atoms with E-state index >= 15 is 0 Å². The fourth-order valence-electron chi connectivity index (χ4n) is 4.41. The summed E-state index contributed by atoms with van der Waals surface area (Å²) in [5, 5.41) is 3.35. The van der Waals surface area contributed by atoms with Crippen molar-refractivity contribution in [1.82, 2.24) is 15.1 Å². The number of hydrogen-bond acceptors (Lipinski definition) is 3. The molecule has 27 heavy (non-hydrogen) atoms. The second-order valence-corrected chi connectivity index (χ2v) is 7.61. The molecule has 1 amide bonds. The van der Waals surface area contributed by atoms with E-state index in [1.807, 2.05) is 0 Å². The number of hydrogen-bond donors (Lipinski definition) is 1. The lowest BCUT2D eigenvalue weighted by atomic mass is 9.95. The van der Waals surface area contributed by atoms with Crippen LogP contribution in [0.15, 0.2) is 60.7 Å². The molecule has 2 aliphatic heterocycles. The SMILES string of the molecule is O=C(C1CCNCC1)N1CCN(C(c2ccccc2)c2ccccc2)CC1. The van der Waals surface area contributed by atoms with Crippen LogP contribution in [0.5, 0.6) is 0 Å². The third-order valence-corrected chi connectivity index (χ3v) is 5.91. The van der Waals surface area contributed by atoms with Crippen molar-refractivity contribution >= 4 is 5.91 Å². The molecule has 0 unspecified atom stereocenters. The fraction of sp³-hybridized carbons (Fsp3) is 0.435. The molecule has 0 aliphatic carbocycles. The number of carbonyl (C=O) groups is 1. The van der Waals surface area contributed by atoms with Crippen LogP contribution in [0.2, 0.25) is 0 Å². The van der Waals surface area contributed by atoms with Crippen LogP contribution in [0.25, 0.3) is 0 Å². The van der Waals surface area contributed by atoms with Gasteiger partial charge in [-0.25, -0.2) is 0 Å². The zero-order valence-electron chi connectivity index (χ0n) is 15.9. The summed E-state index contributed by atoms with van der Waals surface area (Å²) >= 11 is 0. The lowest BCUT2D eigenvalue weighted by molar-refractivity contribution is -0.138. The van der Waals surface area contributed by atoms with Crippen LogP contribution < -0.4 is 5.32 Å². The van der Waals surface area contributed by atoms with Gasteiger partial charge in [0, 0.05) is 32.1 Å². The standard InChI is InChI=1S/C23H29N3O/c27-23(21-11-13-24-14-12-21)26-17-15-25(16-18-26)22(19-7-3-1-4-8-19)20-9-5-2-6-10-20/h1-10,21-22,24H,11-18H2. The number of rotatable bonds is 4. The first-order valence-electron chi connectivity index (χ1n) is 10.2. The highest BCUT2D eigenvalue weighted by Crippen LogP contribution is 2.29. The second kappa shape index (κ2) is 8.68. The molecule has 1 N–H and O–H groups in total. The highest BCUT2D eigenvalue weighted by Gasteiger charge is 2.31. The van der Waals surface area contributed by atoms with E-state index in [0.29, 0.717) is 5.91 Å². The Labute approximate surface area is 162 Å². The quantitative estimate of drug-likeness (QED) is 0.907. The van der Waals surface area contributed by atoms with Gasteiger partial charge in [-0.1, -0.05) is 60.7 Å². The van der Waals surface area contributed by atoms with Gasteiger partial charge >= 0.3 is 0 Å². The van der Waals surface area contributed by atoms with Crippen molar-refractivity contribution < 1.29 is 4.79 Å². The highest BCUT2D eigenvalue weighted by molar-refractivity contribution is 5.79. The molecule has 0 radical (unpaired) electrons. The van der Waals surface area contributed by atoms with E-state index in [1.165, 1.54) is 11.1 Å². The summed E-state index contributed by atoms with van der Waals surface area (Å²) in [4.78, 5) is 17.5. The van der Waals surface area contributed by atoms with E-state index in [4.69, 9.17) is 0 Å². The van der Waals surface area contributed by atoms with Crippen LogP contribution in [0.4, 0.5) is 0 Å². The van der Waals surface area contributed by atoms with E-state index in [1.54, 1.807) is 0 Å². The smallest absolute Gasteiger partial charge is 0.225 e. The number of nitrogens with one attached hydrogen (secondary N) is 1. The van der Waals surface area contributed by atoms with E-state index in [9.17, 15) is 4.79 Å². The van der Waals surface area contributed by atoms with Crippen molar-refractivity contribution in [1.29, 1.82) is 0 Å². The van der Waals surface area contributed by atoms with Gasteiger partial charge in [-0.3, -0.25) is 9.69 Å². The van der Waals surface area contributed by atoms with E-state index < -0.39 is 0 Å². The maximum atomic E-state index is 12.8. The maximum absolute atomic E-state index is 12.8. The van der Waals surface area contributed by atoms with Crippen molar-refractivity contribution in [3.8, 4) is 0 Å². The average molecular weight is 364 g/mol. The molecule has 0 bridgehead atoms. The highest BCUT2D eigenvalue weighted by atomic mass is 16.2. The summed E-state index contributed by atoms with van der Waals surface area (Å²) in [6.07, 6.45) is 1.96. The molecular weight excluding hydrogens is 334 g/mol. The van der Waals surface area contributed by atoms with E-state index in [2.05, 4.69) is 75.8 Å². The van der Waals surface area contributed by atoms with Crippen molar-refractivity contribution in [2.24, 2.45) is 5.92 Å². The van der Waals surface area contributed by atoms with Gasteiger partial charge in [0.15, 0.2) is 0 Å². The third-order valence-electron chi connectivity index (χ3n) is 5.91. The Hall–Kier alpha value is -2.17. The van der Waals surface area contributed by atoms with Crippen LogP contribution in [-0.4, -0.2) is 55.0 Å². The topological polar surface area (TPSA) is 35.6 Å². The zero-order valence-corrected chi connectivity index (χ0v) is 15.9. The fourth-order valence-corrected chi connectivity index (χ4v) is 4.41. The Morgan fingerprint density at radius 3 is 1.85 bits per heavy atom. The van der Waals surface area contributed by atoms with Gasteiger partial charge in [0.1, 0.15) is 0 Å². The Kier molecular flexibility index (Phi) is 5.85.